The molecule has 1 heteroatoms. The molecule has 0 amide bonds. The highest BCUT2D eigenvalue weighted by molar-refractivity contribution is 4.95. The fourth-order valence-electron chi connectivity index (χ4n) is 1.17. The number of hydrogen-bond donors (Lipinski definition) is 0. The molecule has 0 N–H and O–H groups in total. The van der Waals surface area contributed by atoms with Gasteiger partial charge in [0, 0.05) is 12.3 Å². The van der Waals surface area contributed by atoms with Crippen LogP contribution in [-0.4, -0.2) is 6.61 Å². The topological polar surface area (TPSA) is 9.23 Å². The van der Waals surface area contributed by atoms with Crippen molar-refractivity contribution in [1.82, 2.24) is 0 Å². The van der Waals surface area contributed by atoms with Gasteiger partial charge in [-0.05, 0) is 5.41 Å². The third kappa shape index (κ3) is 1.53. The Balaban J connectivity index is 2.53. The van der Waals surface area contributed by atoms with Gasteiger partial charge in [0.1, 0.15) is 0 Å². The van der Waals surface area contributed by atoms with Crippen molar-refractivity contribution >= 4 is 0 Å². The van der Waals surface area contributed by atoms with E-state index in [1.807, 2.05) is 0 Å². The summed E-state index contributed by atoms with van der Waals surface area (Å²) in [5.41, 5.74) is 0.374. The van der Waals surface area contributed by atoms with Crippen molar-refractivity contribution in [1.29, 1.82) is 0 Å². The van der Waals surface area contributed by atoms with Crippen LogP contribution >= 0.6 is 0 Å². The minimum atomic E-state index is 0.374. The first-order valence-electron chi connectivity index (χ1n) is 3.81. The van der Waals surface area contributed by atoms with Gasteiger partial charge in [0.25, 0.3) is 0 Å². The van der Waals surface area contributed by atoms with E-state index in [9.17, 15) is 0 Å². The number of ether oxygens (including phenoxy) is 1. The van der Waals surface area contributed by atoms with Crippen LogP contribution in [0.15, 0.2) is 12.3 Å². The van der Waals surface area contributed by atoms with Gasteiger partial charge in [-0.25, -0.2) is 0 Å². The zero-order chi connectivity index (χ0) is 7.78. The molecule has 0 saturated carbocycles. The molecule has 1 aliphatic heterocycles. The predicted octanol–water partition coefficient (Wildman–Crippen LogP) is 2.58. The monoisotopic (exact) mass is 140 g/mol. The van der Waals surface area contributed by atoms with E-state index in [-0.39, 0.29) is 0 Å². The summed E-state index contributed by atoms with van der Waals surface area (Å²) >= 11 is 0. The van der Waals surface area contributed by atoms with E-state index in [0.29, 0.717) is 11.3 Å². The molecule has 0 aromatic rings. The lowest BCUT2D eigenvalue weighted by atomic mass is 9.80. The first kappa shape index (κ1) is 7.64. The van der Waals surface area contributed by atoms with Gasteiger partial charge in [-0.15, -0.1) is 0 Å². The van der Waals surface area contributed by atoms with Gasteiger partial charge in [0.15, 0.2) is 0 Å². The van der Waals surface area contributed by atoms with Crippen molar-refractivity contribution in [2.75, 3.05) is 6.61 Å². The average Bonchev–Trinajstić information content (AvgIpc) is 2.11. The zero-order valence-corrected chi connectivity index (χ0v) is 7.11. The summed E-state index contributed by atoms with van der Waals surface area (Å²) < 4.78 is 5.30. The lowest BCUT2D eigenvalue weighted by Crippen LogP contribution is -2.19. The van der Waals surface area contributed by atoms with Crippen molar-refractivity contribution < 1.29 is 4.74 Å². The zero-order valence-electron chi connectivity index (χ0n) is 7.11. The highest BCUT2D eigenvalue weighted by Crippen LogP contribution is 2.35. The summed E-state index contributed by atoms with van der Waals surface area (Å²) in [5, 5.41) is 0. The fraction of sp³-hybridized carbons (Fsp3) is 0.778. The van der Waals surface area contributed by atoms with E-state index >= 15 is 0 Å². The molecule has 0 radical (unpaired) electrons. The molecule has 0 aliphatic carbocycles. The number of hydrogen-bond acceptors (Lipinski definition) is 1. The normalized spacial score (nSPS) is 26.7. The molecule has 0 aromatic heterocycles. The van der Waals surface area contributed by atoms with Crippen molar-refractivity contribution in [3.05, 3.63) is 12.3 Å². The molecule has 10 heavy (non-hydrogen) atoms. The molecule has 1 saturated heterocycles. The highest BCUT2D eigenvalue weighted by Gasteiger charge is 2.30. The van der Waals surface area contributed by atoms with Crippen LogP contribution in [0.25, 0.3) is 0 Å². The minimum absolute atomic E-state index is 0.374. The fourth-order valence-corrected chi connectivity index (χ4v) is 1.17. The lowest BCUT2D eigenvalue weighted by molar-refractivity contribution is 0.177. The molecule has 0 spiro atoms. The van der Waals surface area contributed by atoms with E-state index in [1.165, 1.54) is 0 Å². The molecule has 1 atom stereocenters. The third-order valence-corrected chi connectivity index (χ3v) is 2.19. The molecule has 1 fully saturated rings. The summed E-state index contributed by atoms with van der Waals surface area (Å²) in [7, 11) is 0. The quantitative estimate of drug-likeness (QED) is 0.502. The molecule has 1 aliphatic rings. The molecule has 1 nitrogen and oxygen atoms in total. The van der Waals surface area contributed by atoms with Crippen molar-refractivity contribution in [3.8, 4) is 0 Å². The van der Waals surface area contributed by atoms with E-state index in [2.05, 4.69) is 27.4 Å². The molecule has 1 rings (SSSR count). The lowest BCUT2D eigenvalue weighted by Gasteiger charge is -2.24. The standard InChI is InChI=1S/C9H16O/c1-7-5-8(6-10-7)9(2,3)4/h8H,1,5-6H2,2-4H3. The second kappa shape index (κ2) is 2.30. The molecule has 0 bridgehead atoms. The smallest absolute Gasteiger partial charge is 0.0914 e. The molecule has 1 unspecified atom stereocenters. The van der Waals surface area contributed by atoms with E-state index < -0.39 is 0 Å². The third-order valence-electron chi connectivity index (χ3n) is 2.19. The Morgan fingerprint density at radius 2 is 2.10 bits per heavy atom. The maximum atomic E-state index is 5.30. The minimum Gasteiger partial charge on any atom is -0.498 e. The van der Waals surface area contributed by atoms with Gasteiger partial charge < -0.3 is 4.74 Å². The van der Waals surface area contributed by atoms with Crippen molar-refractivity contribution in [3.63, 3.8) is 0 Å². The molecular weight excluding hydrogens is 124 g/mol. The average molecular weight is 140 g/mol. The molecular formula is C9H16O. The maximum Gasteiger partial charge on any atom is 0.0914 e. The van der Waals surface area contributed by atoms with E-state index in [4.69, 9.17) is 4.74 Å². The maximum absolute atomic E-state index is 5.30. The molecule has 1 heterocycles. The van der Waals surface area contributed by atoms with Crippen LogP contribution in [0.3, 0.4) is 0 Å². The Hall–Kier alpha value is -0.460. The summed E-state index contributed by atoms with van der Waals surface area (Å²) in [6.07, 6.45) is 1.05. The van der Waals surface area contributed by atoms with Gasteiger partial charge in [0.2, 0.25) is 0 Å². The predicted molar refractivity (Wildman–Crippen MR) is 42.7 cm³/mol. The van der Waals surface area contributed by atoms with Crippen LogP contribution < -0.4 is 0 Å². The second-order valence-corrected chi connectivity index (χ2v) is 4.12. The molecule has 0 aromatic carbocycles. The first-order valence-corrected chi connectivity index (χ1v) is 3.81. The second-order valence-electron chi connectivity index (χ2n) is 4.12. The first-order chi connectivity index (χ1) is 4.50. The van der Waals surface area contributed by atoms with Crippen molar-refractivity contribution in [2.24, 2.45) is 11.3 Å². The van der Waals surface area contributed by atoms with Crippen LogP contribution in [0.2, 0.25) is 0 Å². The van der Waals surface area contributed by atoms with Gasteiger partial charge in [-0.3, -0.25) is 0 Å². The summed E-state index contributed by atoms with van der Waals surface area (Å²) in [6, 6.07) is 0. The summed E-state index contributed by atoms with van der Waals surface area (Å²) in [5.74, 6) is 1.62. The Kier molecular flexibility index (Phi) is 1.76. The number of allylic oxidation sites excluding steroid dienone is 1. The van der Waals surface area contributed by atoms with E-state index in [0.717, 1.165) is 18.8 Å². The van der Waals surface area contributed by atoms with Gasteiger partial charge in [-0.1, -0.05) is 27.4 Å². The number of rotatable bonds is 0. The van der Waals surface area contributed by atoms with Crippen LogP contribution in [0.4, 0.5) is 0 Å². The largest absolute Gasteiger partial charge is 0.498 e. The van der Waals surface area contributed by atoms with Gasteiger partial charge >= 0.3 is 0 Å². The Labute approximate surface area is 63.1 Å². The Morgan fingerprint density at radius 1 is 1.50 bits per heavy atom. The van der Waals surface area contributed by atoms with Gasteiger partial charge in [0.05, 0.1) is 12.4 Å². The van der Waals surface area contributed by atoms with Crippen LogP contribution in [0.1, 0.15) is 27.2 Å². The van der Waals surface area contributed by atoms with Crippen LogP contribution in [0.5, 0.6) is 0 Å². The van der Waals surface area contributed by atoms with Crippen LogP contribution in [-0.2, 0) is 4.74 Å². The van der Waals surface area contributed by atoms with E-state index in [1.54, 1.807) is 0 Å². The Morgan fingerprint density at radius 3 is 2.30 bits per heavy atom. The van der Waals surface area contributed by atoms with Gasteiger partial charge in [-0.2, -0.15) is 0 Å². The molecule has 58 valence electrons. The summed E-state index contributed by atoms with van der Waals surface area (Å²) in [4.78, 5) is 0. The van der Waals surface area contributed by atoms with Crippen LogP contribution in [0, 0.1) is 11.3 Å². The highest BCUT2D eigenvalue weighted by atomic mass is 16.5. The summed E-state index contributed by atoms with van der Waals surface area (Å²) in [6.45, 7) is 11.4. The SMILES string of the molecule is C=C1CC(C(C)(C)C)CO1. The van der Waals surface area contributed by atoms with Crippen molar-refractivity contribution in [2.45, 2.75) is 27.2 Å². The Bertz CT molecular complexity index is 141.